The molecular formula is C2H10AlNO4. The molecule has 0 rings (SSSR count). The molecule has 0 heterocycles. The molecule has 0 aromatic rings. The van der Waals surface area contributed by atoms with Gasteiger partial charge < -0.3 is 10.3 Å². The van der Waals surface area contributed by atoms with Crippen molar-refractivity contribution in [3.63, 3.8) is 0 Å². The SMILES string of the molecule is CCO.O=[N+]([O-])O.[AlH3]. The van der Waals surface area contributed by atoms with Gasteiger partial charge in [0.05, 0.1) is 0 Å². The molecule has 2 N–H and O–H groups in total. The molecular weight excluding hydrogens is 129 g/mol. The average Bonchev–Trinajstić information content (AvgIpc) is 1.33. The highest BCUT2D eigenvalue weighted by molar-refractivity contribution is 5.75. The lowest BCUT2D eigenvalue weighted by atomic mass is 10.9. The molecule has 0 radical (unpaired) electrons. The Morgan fingerprint density at radius 3 is 1.75 bits per heavy atom. The average molecular weight is 139 g/mol. The van der Waals surface area contributed by atoms with Gasteiger partial charge in [0.1, 0.15) is 0 Å². The van der Waals surface area contributed by atoms with Gasteiger partial charge in [0.15, 0.2) is 17.4 Å². The van der Waals surface area contributed by atoms with Gasteiger partial charge in [-0.2, -0.15) is 0 Å². The quantitative estimate of drug-likeness (QED) is 0.242. The maximum Gasteiger partial charge on any atom is 0.291 e. The molecule has 0 bridgehead atoms. The Morgan fingerprint density at radius 1 is 1.75 bits per heavy atom. The van der Waals surface area contributed by atoms with Crippen LogP contribution in [0.4, 0.5) is 0 Å². The van der Waals surface area contributed by atoms with E-state index in [0.29, 0.717) is 0 Å². The normalized spacial score (nSPS) is 5.25. The van der Waals surface area contributed by atoms with Crippen LogP contribution in [-0.4, -0.2) is 39.4 Å². The molecule has 0 atom stereocenters. The summed E-state index contributed by atoms with van der Waals surface area (Å²) in [6.07, 6.45) is 0. The number of hydrogen-bond acceptors (Lipinski definition) is 3. The van der Waals surface area contributed by atoms with E-state index in [4.69, 9.17) is 20.4 Å². The molecule has 50 valence electrons. The lowest BCUT2D eigenvalue weighted by Crippen LogP contribution is -1.81. The fourth-order valence-corrected chi connectivity index (χ4v) is 0. The second-order valence-corrected chi connectivity index (χ2v) is 0.554. The van der Waals surface area contributed by atoms with E-state index in [9.17, 15) is 0 Å². The highest BCUT2D eigenvalue weighted by Crippen LogP contribution is 1.38. The number of aliphatic hydroxyl groups excluding tert-OH is 1. The van der Waals surface area contributed by atoms with E-state index >= 15 is 0 Å². The van der Waals surface area contributed by atoms with Crippen LogP contribution in [0.1, 0.15) is 6.92 Å². The van der Waals surface area contributed by atoms with Crippen LogP contribution in [0.15, 0.2) is 0 Å². The smallest absolute Gasteiger partial charge is 0.291 e. The molecule has 0 unspecified atom stereocenters. The van der Waals surface area contributed by atoms with Crippen molar-refractivity contribution < 1.29 is 15.4 Å². The second-order valence-electron chi connectivity index (χ2n) is 0.554. The summed E-state index contributed by atoms with van der Waals surface area (Å²) in [4.78, 5) is 8.36. The first-order valence-electron chi connectivity index (χ1n) is 1.59. The van der Waals surface area contributed by atoms with Crippen molar-refractivity contribution in [2.24, 2.45) is 0 Å². The van der Waals surface area contributed by atoms with E-state index in [1.165, 1.54) is 0 Å². The van der Waals surface area contributed by atoms with Crippen molar-refractivity contribution in [2.45, 2.75) is 6.92 Å². The van der Waals surface area contributed by atoms with Crippen molar-refractivity contribution in [3.8, 4) is 0 Å². The van der Waals surface area contributed by atoms with Gasteiger partial charge >= 0.3 is 0 Å². The molecule has 0 amide bonds. The Balaban J connectivity index is -0.0000000575. The summed E-state index contributed by atoms with van der Waals surface area (Å²) in [7, 11) is 0. The zero-order valence-electron chi connectivity index (χ0n) is 3.87. The Hall–Kier alpha value is -0.308. The van der Waals surface area contributed by atoms with Crippen LogP contribution in [0.25, 0.3) is 0 Å². The van der Waals surface area contributed by atoms with Crippen molar-refractivity contribution in [2.75, 3.05) is 6.61 Å². The Kier molecular flexibility index (Phi) is 31.1. The number of hydrogen-bond donors (Lipinski definition) is 2. The van der Waals surface area contributed by atoms with Crippen LogP contribution in [0.2, 0.25) is 0 Å². The van der Waals surface area contributed by atoms with Gasteiger partial charge in [-0.25, -0.2) is 0 Å². The van der Waals surface area contributed by atoms with Gasteiger partial charge in [-0.3, -0.25) is 0 Å². The predicted molar refractivity (Wildman–Crippen MR) is 31.5 cm³/mol. The molecule has 0 fully saturated rings. The van der Waals surface area contributed by atoms with Crippen molar-refractivity contribution in [1.29, 1.82) is 0 Å². The minimum atomic E-state index is -1.50. The first kappa shape index (κ1) is 15.6. The molecule has 6 heteroatoms. The van der Waals surface area contributed by atoms with Gasteiger partial charge in [0.2, 0.25) is 0 Å². The lowest BCUT2D eigenvalue weighted by Gasteiger charge is -1.56. The maximum atomic E-state index is 8.36. The highest BCUT2D eigenvalue weighted by atomic mass is 27.0. The predicted octanol–water partition coefficient (Wildman–Crippen LogP) is -1.53. The minimum Gasteiger partial charge on any atom is -0.397 e. The third kappa shape index (κ3) is 1330. The molecule has 0 saturated carbocycles. The Morgan fingerprint density at radius 2 is 1.75 bits per heavy atom. The summed E-state index contributed by atoms with van der Waals surface area (Å²) in [5, 5.41) is 21.2. The fourth-order valence-electron chi connectivity index (χ4n) is 0. The minimum absolute atomic E-state index is 0. The highest BCUT2D eigenvalue weighted by Gasteiger charge is 1.65. The largest absolute Gasteiger partial charge is 0.397 e. The van der Waals surface area contributed by atoms with Gasteiger partial charge in [-0.15, -0.1) is 10.1 Å². The summed E-state index contributed by atoms with van der Waals surface area (Å²) < 4.78 is 0. The van der Waals surface area contributed by atoms with E-state index in [2.05, 4.69) is 0 Å². The summed E-state index contributed by atoms with van der Waals surface area (Å²) in [5.74, 6) is 0. The van der Waals surface area contributed by atoms with Crippen LogP contribution in [0.5, 0.6) is 0 Å². The third-order valence-corrected chi connectivity index (χ3v) is 0. The first-order valence-corrected chi connectivity index (χ1v) is 1.59. The zero-order chi connectivity index (χ0) is 6.28. The number of aliphatic hydroxyl groups is 1. The number of rotatable bonds is 0. The summed E-state index contributed by atoms with van der Waals surface area (Å²) in [6.45, 7) is 1.93. The maximum absolute atomic E-state index is 8.36. The zero-order valence-corrected chi connectivity index (χ0v) is 3.87. The molecule has 0 aliphatic heterocycles. The molecule has 0 spiro atoms. The topological polar surface area (TPSA) is 83.6 Å². The molecule has 0 aromatic heterocycles. The molecule has 8 heavy (non-hydrogen) atoms. The van der Waals surface area contributed by atoms with Gasteiger partial charge in [-0.1, -0.05) is 0 Å². The summed E-state index contributed by atoms with van der Waals surface area (Å²) >= 11 is 0. The summed E-state index contributed by atoms with van der Waals surface area (Å²) in [6, 6.07) is 0. The third-order valence-electron chi connectivity index (χ3n) is 0. The van der Waals surface area contributed by atoms with Crippen LogP contribution < -0.4 is 0 Å². The first-order chi connectivity index (χ1) is 3.15. The van der Waals surface area contributed by atoms with Crippen molar-refractivity contribution in [3.05, 3.63) is 10.1 Å². The second kappa shape index (κ2) is 15.9. The van der Waals surface area contributed by atoms with E-state index in [1.54, 1.807) is 6.92 Å². The van der Waals surface area contributed by atoms with Crippen molar-refractivity contribution >= 4 is 17.4 Å². The monoisotopic (exact) mass is 139 g/mol. The Bertz CT molecular complexity index is 45.3. The van der Waals surface area contributed by atoms with E-state index in [0.717, 1.165) is 0 Å². The van der Waals surface area contributed by atoms with Gasteiger partial charge in [0.25, 0.3) is 5.09 Å². The molecule has 0 saturated heterocycles. The lowest BCUT2D eigenvalue weighted by molar-refractivity contribution is -0.742. The fraction of sp³-hybridized carbons (Fsp3) is 1.00. The van der Waals surface area contributed by atoms with Gasteiger partial charge in [-0.05, 0) is 6.92 Å². The summed E-state index contributed by atoms with van der Waals surface area (Å²) in [5.41, 5.74) is 0. The van der Waals surface area contributed by atoms with Gasteiger partial charge in [0, 0.05) is 6.61 Å². The Labute approximate surface area is 57.2 Å². The van der Waals surface area contributed by atoms with Crippen molar-refractivity contribution in [1.82, 2.24) is 0 Å². The van der Waals surface area contributed by atoms with Crippen LogP contribution in [0, 0.1) is 10.1 Å². The van der Waals surface area contributed by atoms with E-state index in [-0.39, 0.29) is 24.0 Å². The molecule has 5 nitrogen and oxygen atoms in total. The molecule has 0 aliphatic carbocycles. The standard InChI is InChI=1S/C2H6O.Al.HNO3.3H/c1-2-3;;2-1(3)4;;;/h3H,2H2,1H3;;(H,2,3,4);;;. The van der Waals surface area contributed by atoms with Crippen LogP contribution in [0.3, 0.4) is 0 Å². The van der Waals surface area contributed by atoms with E-state index in [1.807, 2.05) is 0 Å². The van der Waals surface area contributed by atoms with E-state index < -0.39 is 5.09 Å². The van der Waals surface area contributed by atoms with Crippen LogP contribution >= 0.6 is 0 Å². The molecule has 0 aliphatic rings. The molecule has 0 aromatic carbocycles. The number of nitrogens with zero attached hydrogens (tertiary/aromatic N) is 1. The van der Waals surface area contributed by atoms with Crippen LogP contribution in [-0.2, 0) is 0 Å².